The SMILES string of the molecule is CC(C)(C)OC(=O)N1CC(C(=O)N2CCC(Nc3ccnc(Nc4ccc(S(N)(=O)=O)cc4)n3)CC2)C(c2ccccc2)C1. The van der Waals surface area contributed by atoms with Gasteiger partial charge in [-0.1, -0.05) is 30.3 Å². The van der Waals surface area contributed by atoms with E-state index in [1.807, 2.05) is 56.0 Å². The van der Waals surface area contributed by atoms with E-state index in [0.717, 1.165) is 18.4 Å². The highest BCUT2D eigenvalue weighted by Gasteiger charge is 2.43. The van der Waals surface area contributed by atoms with Crippen molar-refractivity contribution in [3.05, 3.63) is 72.4 Å². The van der Waals surface area contributed by atoms with Crippen LogP contribution in [-0.2, 0) is 19.6 Å². The van der Waals surface area contributed by atoms with E-state index in [4.69, 9.17) is 9.88 Å². The second-order valence-electron chi connectivity index (χ2n) is 12.2. The molecule has 2 amide bonds. The van der Waals surface area contributed by atoms with Crippen molar-refractivity contribution in [2.24, 2.45) is 11.1 Å². The van der Waals surface area contributed by atoms with Crippen molar-refractivity contribution in [3.63, 3.8) is 0 Å². The molecule has 0 radical (unpaired) electrons. The third-order valence-corrected chi connectivity index (χ3v) is 8.70. The second kappa shape index (κ2) is 12.8. The standard InChI is InChI=1S/C31H39N7O5S/c1-31(2,3)43-30(40)38-19-25(21-7-5-4-6-8-21)26(20-38)28(39)37-17-14-23(15-18-37)34-27-13-16-33-29(36-27)35-22-9-11-24(12-10-22)44(32,41)42/h4-13,16,23,25-26H,14-15,17-20H2,1-3H3,(H2,32,41,42)(H2,33,34,35,36). The summed E-state index contributed by atoms with van der Waals surface area (Å²) >= 11 is 0. The lowest BCUT2D eigenvalue weighted by Gasteiger charge is -2.35. The first-order valence-corrected chi connectivity index (χ1v) is 16.2. The summed E-state index contributed by atoms with van der Waals surface area (Å²) in [5.41, 5.74) is 1.05. The van der Waals surface area contributed by atoms with E-state index in [-0.39, 0.29) is 28.7 Å². The molecule has 234 valence electrons. The summed E-state index contributed by atoms with van der Waals surface area (Å²) in [5, 5.41) is 11.7. The molecule has 2 unspecified atom stereocenters. The molecule has 2 aliphatic rings. The Balaban J connectivity index is 1.19. The van der Waals surface area contributed by atoms with Crippen LogP contribution in [0.3, 0.4) is 0 Å². The third kappa shape index (κ3) is 7.83. The number of sulfonamides is 1. The average molecular weight is 622 g/mol. The minimum atomic E-state index is -3.77. The maximum atomic E-state index is 13.9. The molecule has 3 aromatic rings. The number of hydrogen-bond acceptors (Lipinski definition) is 9. The molecule has 2 fully saturated rings. The number of hydrogen-bond donors (Lipinski definition) is 3. The molecule has 0 saturated carbocycles. The number of primary sulfonamides is 1. The van der Waals surface area contributed by atoms with E-state index in [1.54, 1.807) is 29.3 Å². The first-order chi connectivity index (χ1) is 20.9. The Bertz CT molecular complexity index is 1570. The number of anilines is 3. The topological polar surface area (TPSA) is 160 Å². The van der Waals surface area contributed by atoms with Gasteiger partial charge in [0.05, 0.1) is 10.8 Å². The molecule has 4 N–H and O–H groups in total. The second-order valence-corrected chi connectivity index (χ2v) is 13.8. The van der Waals surface area contributed by atoms with Gasteiger partial charge in [-0.25, -0.2) is 23.3 Å². The maximum absolute atomic E-state index is 13.9. The number of likely N-dealkylation sites (tertiary alicyclic amines) is 2. The van der Waals surface area contributed by atoms with Gasteiger partial charge in [-0.3, -0.25) is 4.79 Å². The van der Waals surface area contributed by atoms with Crippen LogP contribution in [0.1, 0.15) is 45.1 Å². The summed E-state index contributed by atoms with van der Waals surface area (Å²) < 4.78 is 28.6. The predicted octanol–water partition coefficient (Wildman–Crippen LogP) is 3.92. The number of nitrogens with zero attached hydrogens (tertiary/aromatic N) is 4. The molecule has 0 bridgehead atoms. The molecule has 12 nitrogen and oxygen atoms in total. The highest BCUT2D eigenvalue weighted by atomic mass is 32.2. The largest absolute Gasteiger partial charge is 0.444 e. The van der Waals surface area contributed by atoms with Gasteiger partial charge in [0.15, 0.2) is 0 Å². The van der Waals surface area contributed by atoms with Crippen LogP contribution in [0.15, 0.2) is 71.8 Å². The number of nitrogens with two attached hydrogens (primary N) is 1. The van der Waals surface area contributed by atoms with Gasteiger partial charge in [-0.05, 0) is 69.5 Å². The van der Waals surface area contributed by atoms with Gasteiger partial charge in [0, 0.05) is 50.0 Å². The Morgan fingerprint density at radius 1 is 0.955 bits per heavy atom. The van der Waals surface area contributed by atoms with Crippen molar-refractivity contribution in [1.82, 2.24) is 19.8 Å². The third-order valence-electron chi connectivity index (χ3n) is 7.77. The van der Waals surface area contributed by atoms with Crippen LogP contribution in [0.25, 0.3) is 0 Å². The Kier molecular flexibility index (Phi) is 9.07. The van der Waals surface area contributed by atoms with Gasteiger partial charge in [0.25, 0.3) is 0 Å². The van der Waals surface area contributed by atoms with Crippen LogP contribution >= 0.6 is 0 Å². The summed E-state index contributed by atoms with van der Waals surface area (Å²) in [4.78, 5) is 39.1. The van der Waals surface area contributed by atoms with Crippen molar-refractivity contribution in [3.8, 4) is 0 Å². The Hall–Kier alpha value is -4.23. The van der Waals surface area contributed by atoms with E-state index in [1.165, 1.54) is 12.1 Å². The van der Waals surface area contributed by atoms with Crippen LogP contribution in [0.5, 0.6) is 0 Å². The molecule has 44 heavy (non-hydrogen) atoms. The van der Waals surface area contributed by atoms with Crippen molar-refractivity contribution in [2.75, 3.05) is 36.8 Å². The minimum absolute atomic E-state index is 0.0214. The van der Waals surface area contributed by atoms with Crippen LogP contribution in [-0.4, -0.2) is 78.0 Å². The monoisotopic (exact) mass is 621 g/mol. The van der Waals surface area contributed by atoms with Gasteiger partial charge in [-0.2, -0.15) is 4.98 Å². The van der Waals surface area contributed by atoms with Gasteiger partial charge in [0.1, 0.15) is 11.4 Å². The number of carbonyl (C=O) groups is 2. The fraction of sp³-hybridized carbons (Fsp3) is 0.419. The number of aromatic nitrogens is 2. The molecular weight excluding hydrogens is 582 g/mol. The smallest absolute Gasteiger partial charge is 0.410 e. The highest BCUT2D eigenvalue weighted by molar-refractivity contribution is 7.89. The highest BCUT2D eigenvalue weighted by Crippen LogP contribution is 2.35. The van der Waals surface area contributed by atoms with Gasteiger partial charge < -0.3 is 25.2 Å². The van der Waals surface area contributed by atoms with Crippen molar-refractivity contribution in [2.45, 2.75) is 56.1 Å². The fourth-order valence-electron chi connectivity index (χ4n) is 5.61. The van der Waals surface area contributed by atoms with E-state index in [9.17, 15) is 18.0 Å². The van der Waals surface area contributed by atoms with Gasteiger partial charge >= 0.3 is 6.09 Å². The van der Waals surface area contributed by atoms with Crippen LogP contribution < -0.4 is 15.8 Å². The maximum Gasteiger partial charge on any atom is 0.410 e. The molecule has 13 heteroatoms. The van der Waals surface area contributed by atoms with Gasteiger partial charge in [-0.15, -0.1) is 0 Å². The van der Waals surface area contributed by atoms with E-state index >= 15 is 0 Å². The first-order valence-electron chi connectivity index (χ1n) is 14.7. The summed E-state index contributed by atoms with van der Waals surface area (Å²) in [6.07, 6.45) is 2.73. The quantitative estimate of drug-likeness (QED) is 0.355. The molecule has 2 aliphatic heterocycles. The zero-order chi connectivity index (χ0) is 31.5. The number of ether oxygens (including phenoxy) is 1. The molecular formula is C31H39N7O5S. The molecule has 2 aromatic carbocycles. The molecule has 3 heterocycles. The minimum Gasteiger partial charge on any atom is -0.444 e. The van der Waals surface area contributed by atoms with Crippen LogP contribution in [0, 0.1) is 5.92 Å². The number of nitrogens with one attached hydrogen (secondary N) is 2. The Morgan fingerprint density at radius 3 is 2.27 bits per heavy atom. The number of benzene rings is 2. The lowest BCUT2D eigenvalue weighted by atomic mass is 9.87. The first kappa shape index (κ1) is 31.2. The number of carbonyl (C=O) groups excluding carboxylic acids is 2. The van der Waals surface area contributed by atoms with Crippen molar-refractivity contribution >= 4 is 39.5 Å². The molecule has 5 rings (SSSR count). The lowest BCUT2D eigenvalue weighted by molar-refractivity contribution is -0.136. The fourth-order valence-corrected chi connectivity index (χ4v) is 6.13. The Labute approximate surface area is 258 Å². The summed E-state index contributed by atoms with van der Waals surface area (Å²) in [7, 11) is -3.77. The van der Waals surface area contributed by atoms with E-state index < -0.39 is 21.7 Å². The summed E-state index contributed by atoms with van der Waals surface area (Å²) in [5.74, 6) is 0.610. The van der Waals surface area contributed by atoms with E-state index in [0.29, 0.717) is 43.6 Å². The summed E-state index contributed by atoms with van der Waals surface area (Å²) in [6.45, 7) is 7.47. The zero-order valence-electron chi connectivity index (χ0n) is 25.1. The number of piperidine rings is 1. The number of rotatable bonds is 7. The lowest BCUT2D eigenvalue weighted by Crippen LogP contribution is -2.46. The van der Waals surface area contributed by atoms with E-state index in [2.05, 4.69) is 20.6 Å². The van der Waals surface area contributed by atoms with Gasteiger partial charge in [0.2, 0.25) is 21.9 Å². The van der Waals surface area contributed by atoms with Crippen molar-refractivity contribution in [1.29, 1.82) is 0 Å². The Morgan fingerprint density at radius 2 is 1.64 bits per heavy atom. The zero-order valence-corrected chi connectivity index (χ0v) is 26.0. The molecule has 0 aliphatic carbocycles. The number of amides is 2. The normalized spacial score (nSPS) is 19.5. The average Bonchev–Trinajstić information content (AvgIpc) is 3.43. The predicted molar refractivity (Wildman–Crippen MR) is 167 cm³/mol. The molecule has 0 spiro atoms. The van der Waals surface area contributed by atoms with Crippen molar-refractivity contribution < 1.29 is 22.7 Å². The summed E-state index contributed by atoms with van der Waals surface area (Å²) in [6, 6.07) is 17.8. The van der Waals surface area contributed by atoms with Crippen LogP contribution in [0.4, 0.5) is 22.2 Å². The molecule has 2 saturated heterocycles. The van der Waals surface area contributed by atoms with Crippen LogP contribution in [0.2, 0.25) is 0 Å². The molecule has 2 atom stereocenters. The molecule has 1 aromatic heterocycles.